The van der Waals surface area contributed by atoms with Gasteiger partial charge in [-0.1, -0.05) is 60.4 Å². The van der Waals surface area contributed by atoms with Crippen molar-refractivity contribution in [2.45, 2.75) is 50.3 Å². The van der Waals surface area contributed by atoms with E-state index in [1.807, 2.05) is 12.1 Å². The molecule has 118 valence electrons. The molecule has 1 heterocycles. The topological polar surface area (TPSA) is 26.9 Å². The first kappa shape index (κ1) is 17.4. The van der Waals surface area contributed by atoms with E-state index >= 15 is 0 Å². The van der Waals surface area contributed by atoms with E-state index in [-0.39, 0.29) is 0 Å². The molecule has 1 aromatic heterocycles. The van der Waals surface area contributed by atoms with Gasteiger partial charge in [0.1, 0.15) is 0 Å². The summed E-state index contributed by atoms with van der Waals surface area (Å²) < 4.78 is 2.15. The van der Waals surface area contributed by atoms with Crippen molar-refractivity contribution >= 4 is 27.7 Å². The molecule has 2 aromatic rings. The van der Waals surface area contributed by atoms with E-state index in [0.29, 0.717) is 0 Å². The minimum Gasteiger partial charge on any atom is -0.618 e. The van der Waals surface area contributed by atoms with Crippen LogP contribution < -0.4 is 4.73 Å². The molecule has 0 aliphatic rings. The van der Waals surface area contributed by atoms with Crippen molar-refractivity contribution in [2.75, 3.05) is 0 Å². The van der Waals surface area contributed by atoms with Crippen LogP contribution in [-0.4, -0.2) is 0 Å². The number of hydrogen-bond acceptors (Lipinski definition) is 2. The summed E-state index contributed by atoms with van der Waals surface area (Å²) >= 11 is 5.31. The zero-order valence-corrected chi connectivity index (χ0v) is 15.5. The smallest absolute Gasteiger partial charge is 0.251 e. The van der Waals surface area contributed by atoms with Crippen LogP contribution in [-0.2, 0) is 18.6 Å². The third kappa shape index (κ3) is 4.50. The Labute approximate surface area is 145 Å². The normalized spacial score (nSPS) is 10.9. The molecule has 0 aliphatic heterocycles. The molecule has 0 amide bonds. The van der Waals surface area contributed by atoms with Crippen LogP contribution in [0.15, 0.2) is 46.0 Å². The molecule has 0 radical (unpaired) electrons. The Kier molecular flexibility index (Phi) is 6.77. The molecular weight excluding hydrogens is 358 g/mol. The van der Waals surface area contributed by atoms with E-state index in [1.54, 1.807) is 24.0 Å². The number of benzene rings is 1. The van der Waals surface area contributed by atoms with Gasteiger partial charge in [-0.05, 0) is 41.7 Å². The first-order valence-electron chi connectivity index (χ1n) is 7.76. The summed E-state index contributed by atoms with van der Waals surface area (Å²) in [7, 11) is 0. The van der Waals surface area contributed by atoms with E-state index in [0.717, 1.165) is 41.2 Å². The molecular formula is C18H22BrNOS. The molecule has 0 saturated heterocycles. The maximum Gasteiger partial charge on any atom is 0.251 e. The standard InChI is InChI=1S/C18H22BrNOS/c1-3-7-14-12-17(19)15(8-4-2)11-16(14)13-22-18-9-5-6-10-20(18)21/h5-6,9-12H,3-4,7-8,13H2,1-2H3. The lowest BCUT2D eigenvalue weighted by Crippen LogP contribution is -2.27. The Morgan fingerprint density at radius 1 is 1.05 bits per heavy atom. The van der Waals surface area contributed by atoms with Gasteiger partial charge in [-0.25, -0.2) is 0 Å². The molecule has 2 rings (SSSR count). The highest BCUT2D eigenvalue weighted by Crippen LogP contribution is 2.28. The van der Waals surface area contributed by atoms with Crippen LogP contribution >= 0.6 is 27.7 Å². The zero-order chi connectivity index (χ0) is 15.9. The maximum atomic E-state index is 11.8. The predicted octanol–water partition coefficient (Wildman–Crippen LogP) is 5.28. The molecule has 2 nitrogen and oxygen atoms in total. The van der Waals surface area contributed by atoms with Crippen LogP contribution in [0.3, 0.4) is 0 Å². The predicted molar refractivity (Wildman–Crippen MR) is 97.1 cm³/mol. The van der Waals surface area contributed by atoms with Gasteiger partial charge in [0.05, 0.1) is 0 Å². The third-order valence-corrected chi connectivity index (χ3v) is 5.38. The van der Waals surface area contributed by atoms with Crippen molar-refractivity contribution in [3.05, 3.63) is 62.9 Å². The van der Waals surface area contributed by atoms with Crippen molar-refractivity contribution in [1.29, 1.82) is 0 Å². The molecule has 0 unspecified atom stereocenters. The average Bonchev–Trinajstić information content (AvgIpc) is 2.50. The summed E-state index contributed by atoms with van der Waals surface area (Å²) in [5, 5.41) is 12.5. The number of halogens is 1. The van der Waals surface area contributed by atoms with Gasteiger partial charge in [0, 0.05) is 22.4 Å². The van der Waals surface area contributed by atoms with Crippen molar-refractivity contribution < 1.29 is 4.73 Å². The van der Waals surface area contributed by atoms with E-state index < -0.39 is 0 Å². The van der Waals surface area contributed by atoms with Crippen LogP contribution in [0.1, 0.15) is 43.4 Å². The van der Waals surface area contributed by atoms with E-state index in [1.165, 1.54) is 21.2 Å². The van der Waals surface area contributed by atoms with Gasteiger partial charge in [0.15, 0.2) is 6.20 Å². The fourth-order valence-corrected chi connectivity index (χ4v) is 4.01. The van der Waals surface area contributed by atoms with Crippen molar-refractivity contribution in [2.24, 2.45) is 0 Å². The van der Waals surface area contributed by atoms with E-state index in [4.69, 9.17) is 0 Å². The van der Waals surface area contributed by atoms with Crippen LogP contribution in [0.4, 0.5) is 0 Å². The van der Waals surface area contributed by atoms with Gasteiger partial charge >= 0.3 is 0 Å². The van der Waals surface area contributed by atoms with Crippen molar-refractivity contribution in [1.82, 2.24) is 0 Å². The van der Waals surface area contributed by atoms with Gasteiger partial charge in [-0.15, -0.1) is 0 Å². The molecule has 0 spiro atoms. The molecule has 1 aromatic carbocycles. The summed E-state index contributed by atoms with van der Waals surface area (Å²) in [6.45, 7) is 4.40. The zero-order valence-electron chi connectivity index (χ0n) is 13.1. The number of thioether (sulfide) groups is 1. The summed E-state index contributed by atoms with van der Waals surface area (Å²) in [6.07, 6.45) is 5.98. The lowest BCUT2D eigenvalue weighted by atomic mass is 9.99. The summed E-state index contributed by atoms with van der Waals surface area (Å²) in [6, 6.07) is 10.1. The van der Waals surface area contributed by atoms with Gasteiger partial charge < -0.3 is 5.21 Å². The highest BCUT2D eigenvalue weighted by atomic mass is 79.9. The van der Waals surface area contributed by atoms with Crippen LogP contribution in [0.2, 0.25) is 0 Å². The Morgan fingerprint density at radius 3 is 2.45 bits per heavy atom. The number of nitrogens with zero attached hydrogens (tertiary/aromatic N) is 1. The monoisotopic (exact) mass is 379 g/mol. The maximum absolute atomic E-state index is 11.8. The average molecular weight is 380 g/mol. The number of hydrogen-bond donors (Lipinski definition) is 0. The lowest BCUT2D eigenvalue weighted by Gasteiger charge is -2.13. The molecule has 0 saturated carbocycles. The molecule has 4 heteroatoms. The van der Waals surface area contributed by atoms with Crippen LogP contribution in [0, 0.1) is 5.21 Å². The van der Waals surface area contributed by atoms with Gasteiger partial charge in [0.25, 0.3) is 5.03 Å². The Morgan fingerprint density at radius 2 is 1.77 bits per heavy atom. The second kappa shape index (κ2) is 8.59. The summed E-state index contributed by atoms with van der Waals surface area (Å²) in [5.74, 6) is 0.839. The third-order valence-electron chi connectivity index (χ3n) is 3.57. The number of pyridine rings is 1. The van der Waals surface area contributed by atoms with E-state index in [9.17, 15) is 5.21 Å². The largest absolute Gasteiger partial charge is 0.618 e. The molecule has 0 N–H and O–H groups in total. The van der Waals surface area contributed by atoms with Gasteiger partial charge in [-0.3, -0.25) is 0 Å². The molecule has 22 heavy (non-hydrogen) atoms. The second-order valence-electron chi connectivity index (χ2n) is 5.37. The number of aromatic nitrogens is 1. The molecule has 0 fully saturated rings. The van der Waals surface area contributed by atoms with Crippen molar-refractivity contribution in [3.63, 3.8) is 0 Å². The Balaban J connectivity index is 2.23. The lowest BCUT2D eigenvalue weighted by molar-refractivity contribution is -0.645. The quantitative estimate of drug-likeness (QED) is 0.371. The fraction of sp³-hybridized carbons (Fsp3) is 0.389. The first-order valence-corrected chi connectivity index (χ1v) is 9.54. The molecule has 0 atom stereocenters. The van der Waals surface area contributed by atoms with Crippen molar-refractivity contribution in [3.8, 4) is 0 Å². The van der Waals surface area contributed by atoms with Crippen LogP contribution in [0.25, 0.3) is 0 Å². The van der Waals surface area contributed by atoms with Gasteiger partial charge in [0.2, 0.25) is 0 Å². The Bertz CT molecular complexity index is 630. The minimum atomic E-state index is 0.755. The number of aryl methyl sites for hydroxylation is 2. The Hall–Kier alpha value is -1.00. The highest BCUT2D eigenvalue weighted by Gasteiger charge is 2.11. The fourth-order valence-electron chi connectivity index (χ4n) is 2.48. The molecule has 0 aliphatic carbocycles. The summed E-state index contributed by atoms with van der Waals surface area (Å²) in [5.41, 5.74) is 4.10. The second-order valence-corrected chi connectivity index (χ2v) is 7.22. The number of rotatable bonds is 7. The van der Waals surface area contributed by atoms with E-state index in [2.05, 4.69) is 41.9 Å². The van der Waals surface area contributed by atoms with Crippen LogP contribution in [0.5, 0.6) is 0 Å². The molecule has 0 bridgehead atoms. The summed E-state index contributed by atoms with van der Waals surface area (Å²) in [4.78, 5) is 0. The minimum absolute atomic E-state index is 0.755. The SMILES string of the molecule is CCCc1cc(CSc2cccc[n+]2[O-])c(CCC)cc1Br. The highest BCUT2D eigenvalue weighted by molar-refractivity contribution is 9.10. The van der Waals surface area contributed by atoms with Gasteiger partial charge in [-0.2, -0.15) is 4.73 Å². The first-order chi connectivity index (χ1) is 10.7.